The molecule has 0 radical (unpaired) electrons. The first-order chi connectivity index (χ1) is 7.08. The maximum absolute atomic E-state index is 11.9. The van der Waals surface area contributed by atoms with Gasteiger partial charge in [-0.1, -0.05) is 6.92 Å². The van der Waals surface area contributed by atoms with Crippen LogP contribution in [0.25, 0.3) is 0 Å². The Morgan fingerprint density at radius 3 is 2.73 bits per heavy atom. The summed E-state index contributed by atoms with van der Waals surface area (Å²) >= 11 is 0. The Balaban J connectivity index is 1.94. The summed E-state index contributed by atoms with van der Waals surface area (Å²) in [6, 6.07) is -0.235. The van der Waals surface area contributed by atoms with Gasteiger partial charge in [0.05, 0.1) is 0 Å². The number of nitrogens with one attached hydrogen (secondary N) is 1. The smallest absolute Gasteiger partial charge is 0.245 e. The van der Waals surface area contributed by atoms with Crippen LogP contribution >= 0.6 is 0 Å². The molecule has 2 saturated heterocycles. The molecule has 0 aromatic heterocycles. The molecule has 15 heavy (non-hydrogen) atoms. The standard InChI is InChI=1S/C10H17N3O2/c1-6-4-13(5-7(6)11)10(15)8-2-3-9(14)12-8/h6-8H,2-5,11H2,1H3,(H,12,14). The van der Waals surface area contributed by atoms with Gasteiger partial charge < -0.3 is 16.0 Å². The van der Waals surface area contributed by atoms with E-state index in [0.29, 0.717) is 31.8 Å². The molecule has 2 rings (SSSR count). The Bertz CT molecular complexity index is 282. The van der Waals surface area contributed by atoms with Crippen molar-refractivity contribution in [1.29, 1.82) is 0 Å². The number of carbonyl (C=O) groups is 2. The normalized spacial score (nSPS) is 35.7. The average molecular weight is 211 g/mol. The van der Waals surface area contributed by atoms with E-state index < -0.39 is 0 Å². The van der Waals surface area contributed by atoms with Gasteiger partial charge in [0.2, 0.25) is 11.8 Å². The average Bonchev–Trinajstić information content (AvgIpc) is 2.74. The number of hydrogen-bond donors (Lipinski definition) is 2. The molecule has 0 spiro atoms. The molecule has 2 heterocycles. The van der Waals surface area contributed by atoms with Crippen LogP contribution < -0.4 is 11.1 Å². The van der Waals surface area contributed by atoms with Gasteiger partial charge in [-0.05, 0) is 12.3 Å². The minimum absolute atomic E-state index is 0.0232. The van der Waals surface area contributed by atoms with E-state index in [2.05, 4.69) is 5.32 Å². The zero-order valence-corrected chi connectivity index (χ0v) is 8.90. The summed E-state index contributed by atoms with van der Waals surface area (Å²) in [6.07, 6.45) is 1.09. The van der Waals surface area contributed by atoms with Crippen LogP contribution in [0.5, 0.6) is 0 Å². The highest BCUT2D eigenvalue weighted by molar-refractivity contribution is 5.91. The van der Waals surface area contributed by atoms with Crippen LogP contribution in [0.3, 0.4) is 0 Å². The Labute approximate surface area is 89.0 Å². The first-order valence-corrected chi connectivity index (χ1v) is 5.41. The molecule has 2 amide bonds. The highest BCUT2D eigenvalue weighted by atomic mass is 16.2. The molecular weight excluding hydrogens is 194 g/mol. The second-order valence-electron chi connectivity index (χ2n) is 4.54. The molecule has 0 bridgehead atoms. The van der Waals surface area contributed by atoms with Crippen LogP contribution in [0.2, 0.25) is 0 Å². The predicted octanol–water partition coefficient (Wildman–Crippen LogP) is -0.929. The molecular formula is C10H17N3O2. The number of hydrogen-bond acceptors (Lipinski definition) is 3. The maximum atomic E-state index is 11.9. The molecule has 5 nitrogen and oxygen atoms in total. The maximum Gasteiger partial charge on any atom is 0.245 e. The minimum atomic E-state index is -0.310. The summed E-state index contributed by atoms with van der Waals surface area (Å²) in [7, 11) is 0. The molecule has 3 atom stereocenters. The summed E-state index contributed by atoms with van der Waals surface area (Å²) < 4.78 is 0. The number of amides is 2. The Hall–Kier alpha value is -1.10. The fourth-order valence-corrected chi connectivity index (χ4v) is 2.19. The number of nitrogens with zero attached hydrogens (tertiary/aromatic N) is 1. The van der Waals surface area contributed by atoms with Crippen molar-refractivity contribution < 1.29 is 9.59 Å². The molecule has 0 aliphatic carbocycles. The number of rotatable bonds is 1. The number of carbonyl (C=O) groups excluding carboxylic acids is 2. The monoisotopic (exact) mass is 211 g/mol. The zero-order chi connectivity index (χ0) is 11.0. The first kappa shape index (κ1) is 10.4. The van der Waals surface area contributed by atoms with Crippen molar-refractivity contribution in [3.05, 3.63) is 0 Å². The second kappa shape index (κ2) is 3.81. The molecule has 84 valence electrons. The van der Waals surface area contributed by atoms with Crippen molar-refractivity contribution in [3.8, 4) is 0 Å². The molecule has 0 saturated carbocycles. The molecule has 2 aliphatic rings. The van der Waals surface area contributed by atoms with E-state index in [0.717, 1.165) is 0 Å². The Morgan fingerprint density at radius 2 is 2.27 bits per heavy atom. The van der Waals surface area contributed by atoms with Crippen molar-refractivity contribution in [3.63, 3.8) is 0 Å². The van der Waals surface area contributed by atoms with E-state index in [9.17, 15) is 9.59 Å². The van der Waals surface area contributed by atoms with E-state index in [1.807, 2.05) is 6.92 Å². The number of likely N-dealkylation sites (tertiary alicyclic amines) is 1. The Kier molecular flexibility index (Phi) is 2.65. The lowest BCUT2D eigenvalue weighted by Gasteiger charge is -2.20. The van der Waals surface area contributed by atoms with Gasteiger partial charge in [0, 0.05) is 25.6 Å². The molecule has 2 aliphatic heterocycles. The first-order valence-electron chi connectivity index (χ1n) is 5.41. The van der Waals surface area contributed by atoms with E-state index in [1.54, 1.807) is 4.90 Å². The second-order valence-corrected chi connectivity index (χ2v) is 4.54. The third-order valence-corrected chi connectivity index (χ3v) is 3.28. The van der Waals surface area contributed by atoms with E-state index in [1.165, 1.54) is 0 Å². The van der Waals surface area contributed by atoms with E-state index >= 15 is 0 Å². The fraction of sp³-hybridized carbons (Fsp3) is 0.800. The topological polar surface area (TPSA) is 75.4 Å². The third-order valence-electron chi connectivity index (χ3n) is 3.28. The Morgan fingerprint density at radius 1 is 1.53 bits per heavy atom. The molecule has 3 N–H and O–H groups in total. The van der Waals surface area contributed by atoms with Crippen LogP contribution in [0.4, 0.5) is 0 Å². The molecule has 5 heteroatoms. The van der Waals surface area contributed by atoms with E-state index in [4.69, 9.17) is 5.73 Å². The van der Waals surface area contributed by atoms with Crippen LogP contribution in [-0.2, 0) is 9.59 Å². The predicted molar refractivity (Wildman–Crippen MR) is 54.9 cm³/mol. The molecule has 0 aromatic rings. The number of nitrogens with two attached hydrogens (primary N) is 1. The summed E-state index contributed by atoms with van der Waals surface area (Å²) in [5, 5.41) is 2.69. The summed E-state index contributed by atoms with van der Waals surface area (Å²) in [4.78, 5) is 24.7. The molecule has 0 aromatic carbocycles. The lowest BCUT2D eigenvalue weighted by molar-refractivity contribution is -0.133. The highest BCUT2D eigenvalue weighted by Crippen LogP contribution is 2.18. The van der Waals surface area contributed by atoms with Crippen molar-refractivity contribution in [2.45, 2.75) is 31.8 Å². The van der Waals surface area contributed by atoms with Crippen molar-refractivity contribution in [2.75, 3.05) is 13.1 Å². The van der Waals surface area contributed by atoms with Gasteiger partial charge in [-0.2, -0.15) is 0 Å². The quantitative estimate of drug-likeness (QED) is 0.588. The lowest BCUT2D eigenvalue weighted by Crippen LogP contribution is -2.44. The summed E-state index contributed by atoms with van der Waals surface area (Å²) in [6.45, 7) is 3.38. The van der Waals surface area contributed by atoms with Crippen molar-refractivity contribution in [2.24, 2.45) is 11.7 Å². The van der Waals surface area contributed by atoms with Crippen LogP contribution in [0, 0.1) is 5.92 Å². The van der Waals surface area contributed by atoms with Gasteiger partial charge in [0.25, 0.3) is 0 Å². The molecule has 2 fully saturated rings. The molecule has 3 unspecified atom stereocenters. The zero-order valence-electron chi connectivity index (χ0n) is 8.90. The van der Waals surface area contributed by atoms with Gasteiger partial charge in [-0.15, -0.1) is 0 Å². The summed E-state index contributed by atoms with van der Waals surface area (Å²) in [5.41, 5.74) is 5.85. The summed E-state index contributed by atoms with van der Waals surface area (Å²) in [5.74, 6) is 0.358. The van der Waals surface area contributed by atoms with Gasteiger partial charge in [-0.25, -0.2) is 0 Å². The van der Waals surface area contributed by atoms with Gasteiger partial charge >= 0.3 is 0 Å². The highest BCUT2D eigenvalue weighted by Gasteiger charge is 2.36. The van der Waals surface area contributed by atoms with Crippen molar-refractivity contribution >= 4 is 11.8 Å². The van der Waals surface area contributed by atoms with Gasteiger partial charge in [0.1, 0.15) is 6.04 Å². The van der Waals surface area contributed by atoms with Crippen LogP contribution in [-0.4, -0.2) is 41.9 Å². The van der Waals surface area contributed by atoms with Crippen LogP contribution in [0.1, 0.15) is 19.8 Å². The van der Waals surface area contributed by atoms with Gasteiger partial charge in [-0.3, -0.25) is 9.59 Å². The minimum Gasteiger partial charge on any atom is -0.344 e. The van der Waals surface area contributed by atoms with Crippen LogP contribution in [0.15, 0.2) is 0 Å². The van der Waals surface area contributed by atoms with Gasteiger partial charge in [0.15, 0.2) is 0 Å². The fourth-order valence-electron chi connectivity index (χ4n) is 2.19. The third kappa shape index (κ3) is 1.97. The van der Waals surface area contributed by atoms with E-state index in [-0.39, 0.29) is 23.9 Å². The largest absolute Gasteiger partial charge is 0.344 e. The SMILES string of the molecule is CC1CN(C(=O)C2CCC(=O)N2)CC1N. The lowest BCUT2D eigenvalue weighted by atomic mass is 10.1. The van der Waals surface area contributed by atoms with Crippen molar-refractivity contribution in [1.82, 2.24) is 10.2 Å².